The highest BCUT2D eigenvalue weighted by Gasteiger charge is 2.35. The maximum absolute atomic E-state index is 12.8. The monoisotopic (exact) mass is 368 g/mol. The quantitative estimate of drug-likeness (QED) is 0.624. The van der Waals surface area contributed by atoms with Gasteiger partial charge in [0, 0.05) is 6.20 Å². The molecule has 0 bridgehead atoms. The van der Waals surface area contributed by atoms with Gasteiger partial charge in [-0.25, -0.2) is 4.99 Å². The number of hydrogen-bond acceptors (Lipinski definition) is 3. The number of halogens is 3. The molecule has 0 radical (unpaired) electrons. The third kappa shape index (κ3) is 3.56. The van der Waals surface area contributed by atoms with Crippen molar-refractivity contribution in [1.82, 2.24) is 4.98 Å². The zero-order valence-electron chi connectivity index (χ0n) is 14.1. The molecule has 136 valence electrons. The Hall–Kier alpha value is -3.15. The van der Waals surface area contributed by atoms with Crippen molar-refractivity contribution in [2.45, 2.75) is 18.3 Å². The summed E-state index contributed by atoms with van der Waals surface area (Å²) < 4.78 is 44.3. The van der Waals surface area contributed by atoms with E-state index in [4.69, 9.17) is 4.74 Å². The summed E-state index contributed by atoms with van der Waals surface area (Å²) in [5.74, 6) is 0.242. The van der Waals surface area contributed by atoms with Crippen LogP contribution in [0.1, 0.15) is 34.5 Å². The first-order valence-electron chi connectivity index (χ1n) is 8.40. The predicted molar refractivity (Wildman–Crippen MR) is 95.2 cm³/mol. The highest BCUT2D eigenvalue weighted by atomic mass is 19.4. The number of aromatic nitrogens is 1. The Morgan fingerprint density at radius 2 is 1.41 bits per heavy atom. The number of pyridine rings is 1. The molecule has 4 rings (SSSR count). The van der Waals surface area contributed by atoms with Crippen LogP contribution < -0.4 is 0 Å². The van der Waals surface area contributed by atoms with E-state index in [-0.39, 0.29) is 23.7 Å². The van der Waals surface area contributed by atoms with E-state index in [2.05, 4.69) is 9.98 Å². The number of aliphatic imine (C=N–C) groups is 1. The van der Waals surface area contributed by atoms with Gasteiger partial charge in [0.05, 0.1) is 5.56 Å². The van der Waals surface area contributed by atoms with Crippen LogP contribution in [0.3, 0.4) is 0 Å². The Balaban J connectivity index is 1.70. The van der Waals surface area contributed by atoms with Crippen molar-refractivity contribution in [2.75, 3.05) is 0 Å². The van der Waals surface area contributed by atoms with E-state index in [9.17, 15) is 13.2 Å². The van der Waals surface area contributed by atoms with Crippen molar-refractivity contribution in [3.63, 3.8) is 0 Å². The molecular weight excluding hydrogens is 353 g/mol. The molecule has 0 fully saturated rings. The van der Waals surface area contributed by atoms with E-state index in [0.29, 0.717) is 0 Å². The molecule has 2 aromatic carbocycles. The van der Waals surface area contributed by atoms with Gasteiger partial charge in [-0.3, -0.25) is 4.98 Å². The van der Waals surface area contributed by atoms with Crippen LogP contribution in [0.5, 0.6) is 0 Å². The van der Waals surface area contributed by atoms with E-state index >= 15 is 0 Å². The van der Waals surface area contributed by atoms with Gasteiger partial charge < -0.3 is 4.74 Å². The van der Waals surface area contributed by atoms with Crippen molar-refractivity contribution in [3.05, 3.63) is 101 Å². The molecule has 6 heteroatoms. The molecule has 1 aromatic heterocycles. The molecule has 27 heavy (non-hydrogen) atoms. The first-order valence-corrected chi connectivity index (χ1v) is 8.40. The van der Waals surface area contributed by atoms with Gasteiger partial charge in [-0.1, -0.05) is 60.7 Å². The average Bonchev–Trinajstić information content (AvgIpc) is 3.14. The second-order valence-electron chi connectivity index (χ2n) is 6.17. The van der Waals surface area contributed by atoms with Crippen molar-refractivity contribution < 1.29 is 17.9 Å². The molecule has 0 amide bonds. The zero-order valence-corrected chi connectivity index (χ0v) is 14.1. The number of alkyl halides is 3. The van der Waals surface area contributed by atoms with Crippen molar-refractivity contribution in [3.8, 4) is 0 Å². The predicted octanol–water partition coefficient (Wildman–Crippen LogP) is 5.36. The molecule has 2 unspecified atom stereocenters. The molecule has 0 saturated carbocycles. The van der Waals surface area contributed by atoms with E-state index in [1.807, 2.05) is 60.7 Å². The second-order valence-corrected chi connectivity index (χ2v) is 6.17. The average molecular weight is 368 g/mol. The summed E-state index contributed by atoms with van der Waals surface area (Å²) in [5.41, 5.74) is 1.39. The molecule has 1 aliphatic rings. The Morgan fingerprint density at radius 1 is 0.778 bits per heavy atom. The largest absolute Gasteiger partial charge is 0.465 e. The van der Waals surface area contributed by atoms with Gasteiger partial charge in [-0.2, -0.15) is 13.2 Å². The van der Waals surface area contributed by atoms with Crippen LogP contribution in [0.25, 0.3) is 0 Å². The van der Waals surface area contributed by atoms with E-state index in [1.165, 1.54) is 6.07 Å². The topological polar surface area (TPSA) is 34.5 Å². The first kappa shape index (κ1) is 17.3. The summed E-state index contributed by atoms with van der Waals surface area (Å²) in [4.78, 5) is 8.54. The molecule has 0 N–H and O–H groups in total. The number of benzene rings is 2. The van der Waals surface area contributed by atoms with Crippen LogP contribution in [-0.2, 0) is 10.9 Å². The van der Waals surface area contributed by atoms with E-state index in [0.717, 1.165) is 23.4 Å². The van der Waals surface area contributed by atoms with Crippen molar-refractivity contribution in [1.29, 1.82) is 0 Å². The van der Waals surface area contributed by atoms with Crippen LogP contribution in [0.2, 0.25) is 0 Å². The third-order valence-electron chi connectivity index (χ3n) is 4.36. The second kappa shape index (κ2) is 6.87. The molecule has 0 aliphatic carbocycles. The highest BCUT2D eigenvalue weighted by molar-refractivity contribution is 5.93. The Labute approximate surface area is 154 Å². The fourth-order valence-corrected chi connectivity index (χ4v) is 3.02. The lowest BCUT2D eigenvalue weighted by atomic mass is 9.97. The summed E-state index contributed by atoms with van der Waals surface area (Å²) >= 11 is 0. The standard InChI is InChI=1S/C21H15F3N2O/c22-21(23,24)16-11-12-17(25-13-16)20-26-18(14-7-3-1-4-8-14)19(27-20)15-9-5-2-6-10-15/h1-13,18-19H. The van der Waals surface area contributed by atoms with E-state index in [1.54, 1.807) is 0 Å². The van der Waals surface area contributed by atoms with Gasteiger partial charge in [-0.05, 0) is 23.3 Å². The summed E-state index contributed by atoms with van der Waals surface area (Å²) in [7, 11) is 0. The van der Waals surface area contributed by atoms with Crippen LogP contribution in [0.4, 0.5) is 13.2 Å². The van der Waals surface area contributed by atoms with Gasteiger partial charge in [0.2, 0.25) is 5.90 Å². The lowest BCUT2D eigenvalue weighted by molar-refractivity contribution is -0.137. The summed E-state index contributed by atoms with van der Waals surface area (Å²) in [6.45, 7) is 0. The summed E-state index contributed by atoms with van der Waals surface area (Å²) in [6.07, 6.45) is -4.00. The maximum Gasteiger partial charge on any atom is 0.417 e. The Kier molecular flexibility index (Phi) is 4.39. The number of hydrogen-bond donors (Lipinski definition) is 0. The van der Waals surface area contributed by atoms with Gasteiger partial charge in [0.25, 0.3) is 0 Å². The normalized spacial score (nSPS) is 19.4. The van der Waals surface area contributed by atoms with Crippen LogP contribution in [0, 0.1) is 0 Å². The summed E-state index contributed by atoms with van der Waals surface area (Å²) in [5, 5.41) is 0. The van der Waals surface area contributed by atoms with Crippen molar-refractivity contribution in [2.24, 2.45) is 4.99 Å². The molecule has 2 atom stereocenters. The fraction of sp³-hybridized carbons (Fsp3) is 0.143. The van der Waals surface area contributed by atoms with E-state index < -0.39 is 11.7 Å². The van der Waals surface area contributed by atoms with Gasteiger partial charge >= 0.3 is 6.18 Å². The highest BCUT2D eigenvalue weighted by Crippen LogP contribution is 2.41. The van der Waals surface area contributed by atoms with Crippen LogP contribution in [0.15, 0.2) is 84.0 Å². The fourth-order valence-electron chi connectivity index (χ4n) is 3.02. The molecular formula is C21H15F3N2O. The molecule has 3 nitrogen and oxygen atoms in total. The molecule has 2 heterocycles. The minimum absolute atomic E-state index is 0.242. The van der Waals surface area contributed by atoms with Crippen molar-refractivity contribution >= 4 is 5.90 Å². The number of ether oxygens (including phenoxy) is 1. The molecule has 0 saturated heterocycles. The SMILES string of the molecule is FC(F)(F)c1ccc(C2=NC(c3ccccc3)C(c3ccccc3)O2)nc1. The summed E-state index contributed by atoms with van der Waals surface area (Å²) in [6, 6.07) is 21.3. The lowest BCUT2D eigenvalue weighted by Crippen LogP contribution is -2.11. The molecule has 1 aliphatic heterocycles. The number of rotatable bonds is 3. The van der Waals surface area contributed by atoms with Crippen LogP contribution >= 0.6 is 0 Å². The molecule has 3 aromatic rings. The molecule has 0 spiro atoms. The van der Waals surface area contributed by atoms with Gasteiger partial charge in [0.15, 0.2) is 6.10 Å². The minimum Gasteiger partial charge on any atom is -0.465 e. The van der Waals surface area contributed by atoms with Crippen LogP contribution in [-0.4, -0.2) is 10.9 Å². The zero-order chi connectivity index (χ0) is 18.9. The Morgan fingerprint density at radius 3 is 1.96 bits per heavy atom. The van der Waals surface area contributed by atoms with Gasteiger partial charge in [-0.15, -0.1) is 0 Å². The minimum atomic E-state index is -4.43. The van der Waals surface area contributed by atoms with Gasteiger partial charge in [0.1, 0.15) is 11.7 Å². The Bertz CT molecular complexity index is 939. The smallest absolute Gasteiger partial charge is 0.417 e. The first-order chi connectivity index (χ1) is 13.0. The maximum atomic E-state index is 12.8. The lowest BCUT2D eigenvalue weighted by Gasteiger charge is -2.18. The third-order valence-corrected chi connectivity index (χ3v) is 4.36. The number of nitrogens with zero attached hydrogens (tertiary/aromatic N) is 2.